The molecule has 0 radical (unpaired) electrons. The number of hydrogen-bond donors (Lipinski definition) is 2. The molecule has 2 amide bonds. The van der Waals surface area contributed by atoms with Gasteiger partial charge in [-0.3, -0.25) is 9.59 Å². The van der Waals surface area contributed by atoms with E-state index in [9.17, 15) is 18.0 Å². The van der Waals surface area contributed by atoms with Gasteiger partial charge in [-0.15, -0.1) is 0 Å². The minimum atomic E-state index is -3.65. The van der Waals surface area contributed by atoms with Gasteiger partial charge in [-0.1, -0.05) is 6.07 Å². The van der Waals surface area contributed by atoms with E-state index in [0.717, 1.165) is 15.6 Å². The molecule has 0 aliphatic carbocycles. The highest BCUT2D eigenvalue weighted by atomic mass is 32.2. The second kappa shape index (κ2) is 6.79. The van der Waals surface area contributed by atoms with Crippen molar-refractivity contribution in [3.8, 4) is 0 Å². The first-order valence-electron chi connectivity index (χ1n) is 8.40. The van der Waals surface area contributed by atoms with Gasteiger partial charge in [-0.2, -0.15) is 0 Å². The molecule has 2 aromatic rings. The van der Waals surface area contributed by atoms with Crippen molar-refractivity contribution in [3.63, 3.8) is 0 Å². The molecule has 1 unspecified atom stereocenters. The lowest BCUT2D eigenvalue weighted by molar-refractivity contribution is -0.116. The molecule has 2 aromatic carbocycles. The van der Waals surface area contributed by atoms with Crippen molar-refractivity contribution >= 4 is 33.2 Å². The lowest BCUT2D eigenvalue weighted by Crippen LogP contribution is -2.23. The molecule has 1 atom stereocenters. The van der Waals surface area contributed by atoms with Gasteiger partial charge in [0.2, 0.25) is 15.9 Å². The van der Waals surface area contributed by atoms with Gasteiger partial charge in [0.15, 0.2) is 0 Å². The van der Waals surface area contributed by atoms with Gasteiger partial charge in [0.05, 0.1) is 10.8 Å². The van der Waals surface area contributed by atoms with Crippen molar-refractivity contribution < 1.29 is 18.0 Å². The summed E-state index contributed by atoms with van der Waals surface area (Å²) in [4.78, 5) is 24.5. The Balaban J connectivity index is 1.89. The van der Waals surface area contributed by atoms with Crippen LogP contribution >= 0.6 is 0 Å². The molecule has 0 saturated carbocycles. The average Bonchev–Trinajstić information content (AvgIpc) is 2.89. The number of aryl methyl sites for hydroxylation is 1. The minimum Gasteiger partial charge on any atom is -0.325 e. The number of sulfonamides is 1. The van der Waals surface area contributed by atoms with Crippen molar-refractivity contribution in [2.24, 2.45) is 0 Å². The van der Waals surface area contributed by atoms with Crippen LogP contribution in [-0.2, 0) is 14.8 Å². The Morgan fingerprint density at radius 2 is 1.85 bits per heavy atom. The Labute approximate surface area is 158 Å². The third kappa shape index (κ3) is 3.45. The van der Waals surface area contributed by atoms with Crippen molar-refractivity contribution in [2.45, 2.75) is 24.7 Å². The van der Waals surface area contributed by atoms with Gasteiger partial charge in [0, 0.05) is 31.0 Å². The molecule has 1 aliphatic rings. The fraction of sp³-hybridized carbons (Fsp3) is 0.263. The fourth-order valence-corrected chi connectivity index (χ4v) is 4.06. The maximum atomic E-state index is 12.6. The number of nitrogens with one attached hydrogen (secondary N) is 2. The zero-order chi connectivity index (χ0) is 19.9. The van der Waals surface area contributed by atoms with Crippen LogP contribution in [0.4, 0.5) is 11.4 Å². The van der Waals surface area contributed by atoms with E-state index in [4.69, 9.17) is 0 Å². The van der Waals surface area contributed by atoms with Gasteiger partial charge in [-0.05, 0) is 55.3 Å². The summed E-state index contributed by atoms with van der Waals surface area (Å²) >= 11 is 0. The predicted molar refractivity (Wildman–Crippen MR) is 103 cm³/mol. The smallest absolute Gasteiger partial charge is 0.255 e. The van der Waals surface area contributed by atoms with Crippen LogP contribution in [0, 0.1) is 6.92 Å². The molecule has 1 aliphatic heterocycles. The summed E-state index contributed by atoms with van der Waals surface area (Å²) in [5, 5.41) is 5.54. The van der Waals surface area contributed by atoms with E-state index in [1.807, 2.05) is 0 Å². The Morgan fingerprint density at radius 3 is 2.52 bits per heavy atom. The van der Waals surface area contributed by atoms with Crippen molar-refractivity contribution in [1.82, 2.24) is 4.31 Å². The number of benzene rings is 2. The molecular formula is C19H21N3O4S. The van der Waals surface area contributed by atoms with E-state index in [-0.39, 0.29) is 22.3 Å². The van der Waals surface area contributed by atoms with E-state index in [1.165, 1.54) is 20.2 Å². The first-order valence-corrected chi connectivity index (χ1v) is 9.84. The van der Waals surface area contributed by atoms with Gasteiger partial charge in [-0.25, -0.2) is 12.7 Å². The number of fused-ring (bicyclic) bond motifs is 1. The Morgan fingerprint density at radius 1 is 1.15 bits per heavy atom. The van der Waals surface area contributed by atoms with E-state index < -0.39 is 15.9 Å². The normalized spacial score (nSPS) is 16.2. The maximum Gasteiger partial charge on any atom is 0.255 e. The molecule has 0 bridgehead atoms. The van der Waals surface area contributed by atoms with Crippen LogP contribution in [0.15, 0.2) is 41.3 Å². The summed E-state index contributed by atoms with van der Waals surface area (Å²) in [7, 11) is -0.756. The molecule has 8 heteroatoms. The largest absolute Gasteiger partial charge is 0.325 e. The highest BCUT2D eigenvalue weighted by Gasteiger charge is 2.27. The number of nitrogens with zero attached hydrogens (tertiary/aromatic N) is 1. The van der Waals surface area contributed by atoms with E-state index in [2.05, 4.69) is 10.6 Å². The third-order valence-corrected chi connectivity index (χ3v) is 6.59. The zero-order valence-corrected chi connectivity index (χ0v) is 16.3. The second-order valence-electron chi connectivity index (χ2n) is 6.73. The van der Waals surface area contributed by atoms with Crippen LogP contribution < -0.4 is 10.6 Å². The fourth-order valence-electron chi connectivity index (χ4n) is 2.91. The number of anilines is 2. The summed E-state index contributed by atoms with van der Waals surface area (Å²) in [6.07, 6.45) is 0. The predicted octanol–water partition coefficient (Wildman–Crippen LogP) is 2.55. The highest BCUT2D eigenvalue weighted by Crippen LogP contribution is 2.34. The van der Waals surface area contributed by atoms with Crippen molar-refractivity contribution in [3.05, 3.63) is 53.1 Å². The molecular weight excluding hydrogens is 366 g/mol. The quantitative estimate of drug-likeness (QED) is 0.843. The lowest BCUT2D eigenvalue weighted by Gasteiger charge is -2.15. The first-order chi connectivity index (χ1) is 12.6. The number of rotatable bonds is 4. The summed E-state index contributed by atoms with van der Waals surface area (Å²) in [6, 6.07) is 9.76. The molecule has 7 nitrogen and oxygen atoms in total. The summed E-state index contributed by atoms with van der Waals surface area (Å²) in [5.74, 6) is -0.784. The molecule has 2 N–H and O–H groups in total. The van der Waals surface area contributed by atoms with Crippen LogP contribution in [0.25, 0.3) is 0 Å². The van der Waals surface area contributed by atoms with Crippen LogP contribution in [0.1, 0.15) is 34.3 Å². The van der Waals surface area contributed by atoms with Gasteiger partial charge >= 0.3 is 0 Å². The molecule has 0 fully saturated rings. The van der Waals surface area contributed by atoms with Crippen LogP contribution in [0.3, 0.4) is 0 Å². The summed E-state index contributed by atoms with van der Waals surface area (Å²) < 4.78 is 26.0. The van der Waals surface area contributed by atoms with E-state index >= 15 is 0 Å². The van der Waals surface area contributed by atoms with E-state index in [0.29, 0.717) is 11.3 Å². The SMILES string of the molecule is Cc1ccc(C(=O)Nc2ccc3c(c2)C(C)C(=O)N3)cc1S(=O)(=O)N(C)C. The van der Waals surface area contributed by atoms with Gasteiger partial charge < -0.3 is 10.6 Å². The number of hydrogen-bond acceptors (Lipinski definition) is 4. The molecule has 1 heterocycles. The van der Waals surface area contributed by atoms with Gasteiger partial charge in [0.1, 0.15) is 0 Å². The third-order valence-electron chi connectivity index (χ3n) is 4.64. The average molecular weight is 387 g/mol. The van der Waals surface area contributed by atoms with Crippen LogP contribution in [0.2, 0.25) is 0 Å². The molecule has 0 aromatic heterocycles. The lowest BCUT2D eigenvalue weighted by atomic mass is 10.0. The maximum absolute atomic E-state index is 12.6. The summed E-state index contributed by atoms with van der Waals surface area (Å²) in [5.41, 5.74) is 2.90. The molecule has 0 saturated heterocycles. The van der Waals surface area contributed by atoms with Gasteiger partial charge in [0.25, 0.3) is 5.91 Å². The minimum absolute atomic E-state index is 0.0782. The second-order valence-corrected chi connectivity index (χ2v) is 8.86. The Bertz CT molecular complexity index is 1040. The number of carbonyl (C=O) groups is 2. The topological polar surface area (TPSA) is 95.6 Å². The molecule has 142 valence electrons. The Kier molecular flexibility index (Phi) is 4.79. The van der Waals surface area contributed by atoms with Crippen molar-refractivity contribution in [1.29, 1.82) is 0 Å². The monoisotopic (exact) mass is 387 g/mol. The highest BCUT2D eigenvalue weighted by molar-refractivity contribution is 7.89. The van der Waals surface area contributed by atoms with E-state index in [1.54, 1.807) is 44.2 Å². The number of carbonyl (C=O) groups excluding carboxylic acids is 2. The van der Waals surface area contributed by atoms with Crippen LogP contribution in [0.5, 0.6) is 0 Å². The first kappa shape index (κ1) is 19.1. The zero-order valence-electron chi connectivity index (χ0n) is 15.5. The Hall–Kier alpha value is -2.71. The summed E-state index contributed by atoms with van der Waals surface area (Å²) in [6.45, 7) is 3.48. The molecule has 0 spiro atoms. The molecule has 3 rings (SSSR count). The number of amides is 2. The standard InChI is InChI=1S/C19H21N3O4S/c1-11-5-6-13(9-17(11)27(25,26)22(3)4)19(24)20-14-7-8-16-15(10-14)12(2)18(23)21-16/h5-10,12H,1-4H3,(H,20,24)(H,21,23). The molecule has 27 heavy (non-hydrogen) atoms. The van der Waals surface area contributed by atoms with Crippen LogP contribution in [-0.4, -0.2) is 38.6 Å². The van der Waals surface area contributed by atoms with Crippen molar-refractivity contribution in [2.75, 3.05) is 24.7 Å².